The molecule has 22 heavy (non-hydrogen) atoms. The van der Waals surface area contributed by atoms with Crippen LogP contribution in [-0.2, 0) is 5.54 Å². The predicted octanol–water partition coefficient (Wildman–Crippen LogP) is 0.963. The van der Waals surface area contributed by atoms with Crippen molar-refractivity contribution in [2.45, 2.75) is 25.0 Å². The summed E-state index contributed by atoms with van der Waals surface area (Å²) in [6.45, 7) is 2.87. The lowest BCUT2D eigenvalue weighted by Gasteiger charge is -2.42. The van der Waals surface area contributed by atoms with Crippen LogP contribution in [0.25, 0.3) is 0 Å². The number of hydrogen-bond donors (Lipinski definition) is 3. The number of benzene rings is 1. The number of carbonyl (C=O) groups excluding carboxylic acids is 1. The molecule has 3 N–H and O–H groups in total. The Labute approximate surface area is 128 Å². The van der Waals surface area contributed by atoms with E-state index < -0.39 is 11.6 Å². The van der Waals surface area contributed by atoms with E-state index >= 15 is 0 Å². The summed E-state index contributed by atoms with van der Waals surface area (Å²) in [4.78, 5) is 12.5. The fraction of sp³-hybridized carbons (Fsp3) is 0.375. The van der Waals surface area contributed by atoms with E-state index in [4.69, 9.17) is 4.52 Å². The standard InChI is InChI=1S/C16H19N3O3/c1-11-9-13(19-22-11)15(21)18-16(7-8-17-10-14(16)20)12-5-3-2-4-6-12/h2-6,9,14,17,20H,7-8,10H2,1H3,(H,18,21)/t14-,16+/m1/s1. The smallest absolute Gasteiger partial charge is 0.274 e. The second kappa shape index (κ2) is 5.90. The zero-order valence-electron chi connectivity index (χ0n) is 12.4. The van der Waals surface area contributed by atoms with E-state index in [2.05, 4.69) is 15.8 Å². The van der Waals surface area contributed by atoms with Crippen molar-refractivity contribution in [3.05, 3.63) is 53.4 Å². The predicted molar refractivity (Wildman–Crippen MR) is 80.3 cm³/mol. The molecule has 1 amide bonds. The first-order valence-electron chi connectivity index (χ1n) is 7.32. The van der Waals surface area contributed by atoms with Crippen molar-refractivity contribution in [2.24, 2.45) is 0 Å². The number of carbonyl (C=O) groups is 1. The molecule has 1 fully saturated rings. The van der Waals surface area contributed by atoms with E-state index in [-0.39, 0.29) is 11.6 Å². The van der Waals surface area contributed by atoms with Gasteiger partial charge in [0.05, 0.1) is 11.6 Å². The van der Waals surface area contributed by atoms with Gasteiger partial charge >= 0.3 is 0 Å². The van der Waals surface area contributed by atoms with Gasteiger partial charge in [0.2, 0.25) is 0 Å². The van der Waals surface area contributed by atoms with Crippen molar-refractivity contribution >= 4 is 5.91 Å². The number of nitrogens with zero attached hydrogens (tertiary/aromatic N) is 1. The lowest BCUT2D eigenvalue weighted by molar-refractivity contribution is 0.0286. The summed E-state index contributed by atoms with van der Waals surface area (Å²) in [6.07, 6.45) is -0.124. The summed E-state index contributed by atoms with van der Waals surface area (Å²) in [5.41, 5.74) is 0.285. The number of amides is 1. The third kappa shape index (κ3) is 2.63. The fourth-order valence-electron chi connectivity index (χ4n) is 2.90. The van der Waals surface area contributed by atoms with Crippen LogP contribution < -0.4 is 10.6 Å². The number of rotatable bonds is 3. The van der Waals surface area contributed by atoms with E-state index in [1.165, 1.54) is 0 Å². The van der Waals surface area contributed by atoms with Gasteiger partial charge < -0.3 is 20.3 Å². The van der Waals surface area contributed by atoms with Crippen molar-refractivity contribution < 1.29 is 14.4 Å². The Morgan fingerprint density at radius 1 is 1.45 bits per heavy atom. The lowest BCUT2D eigenvalue weighted by atomic mass is 9.79. The van der Waals surface area contributed by atoms with Crippen LogP contribution in [0.3, 0.4) is 0 Å². The molecule has 3 rings (SSSR count). The van der Waals surface area contributed by atoms with E-state index in [0.29, 0.717) is 25.3 Å². The quantitative estimate of drug-likeness (QED) is 0.786. The molecule has 1 aromatic carbocycles. The maximum Gasteiger partial charge on any atom is 0.274 e. The van der Waals surface area contributed by atoms with Crippen molar-refractivity contribution in [1.29, 1.82) is 0 Å². The topological polar surface area (TPSA) is 87.4 Å². The lowest BCUT2D eigenvalue weighted by Crippen LogP contribution is -2.61. The first-order valence-corrected chi connectivity index (χ1v) is 7.32. The summed E-state index contributed by atoms with van der Waals surface area (Å²) in [5, 5.41) is 20.4. The first kappa shape index (κ1) is 14.7. The summed E-state index contributed by atoms with van der Waals surface area (Å²) in [5.74, 6) is 0.228. The number of β-amino-alcohol motifs (C(OH)–C–C–N with tert-alkyl or cyclic N) is 1. The largest absolute Gasteiger partial charge is 0.389 e. The van der Waals surface area contributed by atoms with Crippen LogP contribution >= 0.6 is 0 Å². The molecule has 2 heterocycles. The molecule has 6 heteroatoms. The monoisotopic (exact) mass is 301 g/mol. The molecule has 1 aromatic heterocycles. The Kier molecular flexibility index (Phi) is 3.96. The number of piperidine rings is 1. The molecule has 0 aliphatic carbocycles. The Bertz CT molecular complexity index is 656. The summed E-state index contributed by atoms with van der Waals surface area (Å²) in [6, 6.07) is 11.1. The Balaban J connectivity index is 1.94. The van der Waals surface area contributed by atoms with Crippen LogP contribution in [-0.4, -0.2) is 35.4 Å². The molecule has 0 radical (unpaired) electrons. The molecule has 116 valence electrons. The van der Waals surface area contributed by atoms with E-state index in [0.717, 1.165) is 5.56 Å². The summed E-state index contributed by atoms with van der Waals surface area (Å²) in [7, 11) is 0. The molecule has 0 spiro atoms. The van der Waals surface area contributed by atoms with Gasteiger partial charge in [0.25, 0.3) is 5.91 Å². The summed E-state index contributed by atoms with van der Waals surface area (Å²) < 4.78 is 4.95. The minimum absolute atomic E-state index is 0.221. The van der Waals surface area contributed by atoms with E-state index in [1.807, 2.05) is 30.3 Å². The Morgan fingerprint density at radius 3 is 2.86 bits per heavy atom. The first-order chi connectivity index (χ1) is 10.6. The highest BCUT2D eigenvalue weighted by atomic mass is 16.5. The Hall–Kier alpha value is -2.18. The maximum atomic E-state index is 12.5. The number of aliphatic hydroxyl groups is 1. The van der Waals surface area contributed by atoms with Gasteiger partial charge in [0.1, 0.15) is 5.76 Å². The normalized spacial score (nSPS) is 24.9. The molecule has 0 unspecified atom stereocenters. The molecule has 0 saturated carbocycles. The third-order valence-corrected chi connectivity index (χ3v) is 4.09. The van der Waals surface area contributed by atoms with E-state index in [9.17, 15) is 9.90 Å². The average Bonchev–Trinajstić information content (AvgIpc) is 2.97. The highest BCUT2D eigenvalue weighted by Gasteiger charge is 2.43. The van der Waals surface area contributed by atoms with Gasteiger partial charge in [-0.1, -0.05) is 35.5 Å². The van der Waals surface area contributed by atoms with Gasteiger partial charge in [0.15, 0.2) is 5.69 Å². The molecular weight excluding hydrogens is 282 g/mol. The Morgan fingerprint density at radius 2 is 2.23 bits per heavy atom. The van der Waals surface area contributed by atoms with Crippen LogP contribution in [0.4, 0.5) is 0 Å². The maximum absolute atomic E-state index is 12.5. The van der Waals surface area contributed by atoms with Gasteiger partial charge in [0, 0.05) is 12.6 Å². The number of nitrogens with one attached hydrogen (secondary N) is 2. The second-order valence-corrected chi connectivity index (χ2v) is 5.58. The zero-order chi connectivity index (χ0) is 15.6. The van der Waals surface area contributed by atoms with Crippen molar-refractivity contribution in [2.75, 3.05) is 13.1 Å². The van der Waals surface area contributed by atoms with E-state index in [1.54, 1.807) is 13.0 Å². The van der Waals surface area contributed by atoms with Gasteiger partial charge in [-0.25, -0.2) is 0 Å². The molecule has 6 nitrogen and oxygen atoms in total. The number of aryl methyl sites for hydroxylation is 1. The molecule has 1 saturated heterocycles. The minimum atomic E-state index is -0.823. The highest BCUT2D eigenvalue weighted by molar-refractivity contribution is 5.92. The van der Waals surface area contributed by atoms with Crippen molar-refractivity contribution in [1.82, 2.24) is 15.8 Å². The fourth-order valence-corrected chi connectivity index (χ4v) is 2.90. The van der Waals surface area contributed by atoms with Crippen LogP contribution in [0.15, 0.2) is 40.9 Å². The SMILES string of the molecule is Cc1cc(C(=O)N[C@]2(c3ccccc3)CCNC[C@H]2O)no1. The van der Waals surface area contributed by atoms with Crippen LogP contribution in [0.2, 0.25) is 0 Å². The zero-order valence-corrected chi connectivity index (χ0v) is 12.4. The molecular formula is C16H19N3O3. The van der Waals surface area contributed by atoms with Gasteiger partial charge in [-0.2, -0.15) is 0 Å². The minimum Gasteiger partial charge on any atom is -0.389 e. The number of aromatic nitrogens is 1. The third-order valence-electron chi connectivity index (χ3n) is 4.09. The molecule has 1 aliphatic heterocycles. The van der Waals surface area contributed by atoms with Gasteiger partial charge in [-0.05, 0) is 25.5 Å². The second-order valence-electron chi connectivity index (χ2n) is 5.58. The average molecular weight is 301 g/mol. The molecule has 2 aromatic rings. The van der Waals surface area contributed by atoms with Crippen LogP contribution in [0.1, 0.15) is 28.2 Å². The van der Waals surface area contributed by atoms with Crippen LogP contribution in [0.5, 0.6) is 0 Å². The number of hydrogen-bond acceptors (Lipinski definition) is 5. The molecule has 0 bridgehead atoms. The van der Waals surface area contributed by atoms with Crippen molar-refractivity contribution in [3.63, 3.8) is 0 Å². The van der Waals surface area contributed by atoms with Crippen molar-refractivity contribution in [3.8, 4) is 0 Å². The molecule has 1 aliphatic rings. The summed E-state index contributed by atoms with van der Waals surface area (Å²) >= 11 is 0. The van der Waals surface area contributed by atoms with Gasteiger partial charge in [-0.15, -0.1) is 0 Å². The van der Waals surface area contributed by atoms with Crippen LogP contribution in [0, 0.1) is 6.92 Å². The molecule has 2 atom stereocenters. The van der Waals surface area contributed by atoms with Gasteiger partial charge in [-0.3, -0.25) is 4.79 Å². The number of aliphatic hydroxyl groups excluding tert-OH is 1. The highest BCUT2D eigenvalue weighted by Crippen LogP contribution is 2.31.